The van der Waals surface area contributed by atoms with Crippen molar-refractivity contribution in [1.82, 2.24) is 0 Å². The normalized spacial score (nSPS) is 10.4. The number of aldehydes is 1. The highest BCUT2D eigenvalue weighted by atomic mass is 32.1. The Morgan fingerprint density at radius 3 is 1.94 bits per heavy atom. The molecule has 0 saturated carbocycles. The predicted molar refractivity (Wildman–Crippen MR) is 82.4 cm³/mol. The fourth-order valence-electron chi connectivity index (χ4n) is 1.85. The van der Waals surface area contributed by atoms with E-state index in [0.29, 0.717) is 5.92 Å². The fraction of sp³-hybridized carbons (Fsp3) is 0.438. The summed E-state index contributed by atoms with van der Waals surface area (Å²) in [5.41, 5.74) is 4.42. The highest BCUT2D eigenvalue weighted by Gasteiger charge is 2.17. The Bertz CT molecular complexity index is 493. The van der Waals surface area contributed by atoms with Gasteiger partial charge in [-0.3, -0.25) is 4.79 Å². The van der Waals surface area contributed by atoms with E-state index in [1.54, 1.807) is 11.3 Å². The maximum atomic E-state index is 11.4. The molecular weight excluding hydrogens is 240 g/mol. The van der Waals surface area contributed by atoms with Gasteiger partial charge in [0.2, 0.25) is 0 Å². The summed E-state index contributed by atoms with van der Waals surface area (Å²) in [7, 11) is 0. The Morgan fingerprint density at radius 2 is 1.56 bits per heavy atom. The number of rotatable bonds is 4. The standard InChI is InChI=1S/C16H22OS/c1-10(2)7-13-14(9-17)16(12(5)6)18-15(13)8-11(3)4/h7-9,12H,1-6H3. The smallest absolute Gasteiger partial charge is 0.151 e. The van der Waals surface area contributed by atoms with Crippen molar-refractivity contribution in [1.29, 1.82) is 0 Å². The van der Waals surface area contributed by atoms with Gasteiger partial charge in [0.05, 0.1) is 0 Å². The first-order valence-electron chi connectivity index (χ1n) is 6.28. The van der Waals surface area contributed by atoms with Gasteiger partial charge in [-0.1, -0.05) is 31.1 Å². The van der Waals surface area contributed by atoms with E-state index in [1.807, 2.05) is 0 Å². The summed E-state index contributed by atoms with van der Waals surface area (Å²) in [6.07, 6.45) is 5.28. The molecule has 0 aromatic carbocycles. The number of thiophene rings is 1. The van der Waals surface area contributed by atoms with Crippen LogP contribution in [-0.2, 0) is 0 Å². The Labute approximate surface area is 114 Å². The molecule has 0 atom stereocenters. The SMILES string of the molecule is CC(C)=Cc1sc(C(C)C)c(C=O)c1C=C(C)C. The summed E-state index contributed by atoms with van der Waals surface area (Å²) in [4.78, 5) is 13.8. The van der Waals surface area contributed by atoms with Gasteiger partial charge in [0.25, 0.3) is 0 Å². The van der Waals surface area contributed by atoms with Gasteiger partial charge in [-0.05, 0) is 39.7 Å². The van der Waals surface area contributed by atoms with Crippen LogP contribution in [0.25, 0.3) is 12.2 Å². The van der Waals surface area contributed by atoms with Gasteiger partial charge in [-0.2, -0.15) is 0 Å². The molecule has 0 bridgehead atoms. The topological polar surface area (TPSA) is 17.1 Å². The first kappa shape index (κ1) is 14.9. The van der Waals surface area contributed by atoms with Crippen LogP contribution in [0, 0.1) is 0 Å². The van der Waals surface area contributed by atoms with E-state index in [0.717, 1.165) is 17.4 Å². The average Bonchev–Trinajstić information content (AvgIpc) is 2.55. The summed E-state index contributed by atoms with van der Waals surface area (Å²) in [6.45, 7) is 12.6. The third kappa shape index (κ3) is 3.42. The van der Waals surface area contributed by atoms with E-state index in [4.69, 9.17) is 0 Å². The quantitative estimate of drug-likeness (QED) is 0.652. The predicted octanol–water partition coefficient (Wildman–Crippen LogP) is 5.53. The van der Waals surface area contributed by atoms with Crippen LogP contribution in [0.2, 0.25) is 0 Å². The summed E-state index contributed by atoms with van der Waals surface area (Å²) in [5.74, 6) is 0.388. The molecule has 0 saturated heterocycles. The molecule has 98 valence electrons. The molecule has 1 rings (SSSR count). The molecule has 0 aliphatic carbocycles. The molecular formula is C16H22OS. The molecule has 0 unspecified atom stereocenters. The van der Waals surface area contributed by atoms with Crippen LogP contribution in [0.3, 0.4) is 0 Å². The average molecular weight is 262 g/mol. The van der Waals surface area contributed by atoms with Crippen LogP contribution in [0.15, 0.2) is 11.1 Å². The Hall–Kier alpha value is -1.15. The molecule has 0 aliphatic rings. The lowest BCUT2D eigenvalue weighted by Gasteiger charge is -2.02. The maximum absolute atomic E-state index is 11.4. The zero-order chi connectivity index (χ0) is 13.9. The van der Waals surface area contributed by atoms with Crippen LogP contribution in [0.5, 0.6) is 0 Å². The van der Waals surface area contributed by atoms with Crippen LogP contribution in [0.4, 0.5) is 0 Å². The molecule has 2 heteroatoms. The third-order valence-electron chi connectivity index (χ3n) is 2.54. The summed E-state index contributed by atoms with van der Waals surface area (Å²) >= 11 is 1.74. The van der Waals surface area contributed by atoms with Crippen LogP contribution in [0.1, 0.15) is 73.1 Å². The number of carbonyl (C=O) groups excluding carboxylic acids is 1. The van der Waals surface area contributed by atoms with Crippen molar-refractivity contribution in [3.8, 4) is 0 Å². The fourth-order valence-corrected chi connectivity index (χ4v) is 3.17. The number of carbonyl (C=O) groups is 1. The van der Waals surface area contributed by atoms with Gasteiger partial charge in [0.1, 0.15) is 0 Å². The second-order valence-electron chi connectivity index (χ2n) is 5.37. The molecule has 0 amide bonds. The van der Waals surface area contributed by atoms with Crippen LogP contribution in [-0.4, -0.2) is 6.29 Å². The number of hydrogen-bond donors (Lipinski definition) is 0. The summed E-state index contributed by atoms with van der Waals surface area (Å²) in [6, 6.07) is 0. The van der Waals surface area contributed by atoms with Crippen molar-refractivity contribution in [2.45, 2.75) is 47.5 Å². The number of hydrogen-bond acceptors (Lipinski definition) is 2. The molecule has 0 N–H and O–H groups in total. The lowest BCUT2D eigenvalue weighted by atomic mass is 10.0. The summed E-state index contributed by atoms with van der Waals surface area (Å²) < 4.78 is 0. The Kier molecular flexibility index (Phi) is 5.09. The highest BCUT2D eigenvalue weighted by Crippen LogP contribution is 2.35. The van der Waals surface area contributed by atoms with Crippen molar-refractivity contribution >= 4 is 29.8 Å². The Balaban J connectivity index is 3.55. The highest BCUT2D eigenvalue weighted by molar-refractivity contribution is 7.13. The molecule has 1 aromatic heterocycles. The van der Waals surface area contributed by atoms with Crippen molar-refractivity contribution in [2.24, 2.45) is 0 Å². The molecule has 0 aliphatic heterocycles. The largest absolute Gasteiger partial charge is 0.298 e. The molecule has 0 radical (unpaired) electrons. The maximum Gasteiger partial charge on any atom is 0.151 e. The van der Waals surface area contributed by atoms with E-state index in [2.05, 4.69) is 53.7 Å². The van der Waals surface area contributed by atoms with Crippen molar-refractivity contribution in [2.75, 3.05) is 0 Å². The van der Waals surface area contributed by atoms with Gasteiger partial charge in [-0.15, -0.1) is 11.3 Å². The molecule has 0 spiro atoms. The third-order valence-corrected chi connectivity index (χ3v) is 4.00. The lowest BCUT2D eigenvalue weighted by molar-refractivity contribution is 0.112. The van der Waals surface area contributed by atoms with Crippen LogP contribution >= 0.6 is 11.3 Å². The van der Waals surface area contributed by atoms with Crippen molar-refractivity contribution in [3.63, 3.8) is 0 Å². The lowest BCUT2D eigenvalue weighted by Crippen LogP contribution is -1.91. The van der Waals surface area contributed by atoms with E-state index in [9.17, 15) is 4.79 Å². The van der Waals surface area contributed by atoms with Gasteiger partial charge >= 0.3 is 0 Å². The van der Waals surface area contributed by atoms with Gasteiger partial charge in [-0.25, -0.2) is 0 Å². The van der Waals surface area contributed by atoms with E-state index >= 15 is 0 Å². The second-order valence-corrected chi connectivity index (χ2v) is 6.46. The minimum absolute atomic E-state index is 0.388. The minimum Gasteiger partial charge on any atom is -0.298 e. The van der Waals surface area contributed by atoms with Gasteiger partial charge in [0, 0.05) is 20.9 Å². The minimum atomic E-state index is 0.388. The van der Waals surface area contributed by atoms with Gasteiger partial charge < -0.3 is 0 Å². The van der Waals surface area contributed by atoms with E-state index in [-0.39, 0.29) is 0 Å². The van der Waals surface area contributed by atoms with E-state index < -0.39 is 0 Å². The molecule has 1 nitrogen and oxygen atoms in total. The van der Waals surface area contributed by atoms with E-state index in [1.165, 1.54) is 20.9 Å². The first-order chi connectivity index (χ1) is 8.36. The number of allylic oxidation sites excluding steroid dienone is 2. The second kappa shape index (κ2) is 6.14. The zero-order valence-corrected chi connectivity index (χ0v) is 12.9. The molecule has 18 heavy (non-hydrogen) atoms. The molecule has 1 heterocycles. The first-order valence-corrected chi connectivity index (χ1v) is 7.10. The Morgan fingerprint density at radius 1 is 1.00 bits per heavy atom. The monoisotopic (exact) mass is 262 g/mol. The zero-order valence-electron chi connectivity index (χ0n) is 12.1. The summed E-state index contributed by atoms with van der Waals surface area (Å²) in [5, 5.41) is 0. The van der Waals surface area contributed by atoms with Crippen molar-refractivity contribution in [3.05, 3.63) is 32.0 Å². The van der Waals surface area contributed by atoms with Gasteiger partial charge in [0.15, 0.2) is 6.29 Å². The molecule has 0 fully saturated rings. The van der Waals surface area contributed by atoms with Crippen molar-refractivity contribution < 1.29 is 4.79 Å². The van der Waals surface area contributed by atoms with Crippen LogP contribution < -0.4 is 0 Å². The molecule has 1 aromatic rings.